The standard InChI is InChI=1S/C9H13BrOS/c1-2-8(11)3-4-9-5-7(10)6-12-9/h5-6,8,11H,2-4H2,1H3. The van der Waals surface area contributed by atoms with Gasteiger partial charge >= 0.3 is 0 Å². The molecule has 0 fully saturated rings. The van der Waals surface area contributed by atoms with Crippen molar-refractivity contribution in [2.24, 2.45) is 0 Å². The summed E-state index contributed by atoms with van der Waals surface area (Å²) in [6.07, 6.45) is 2.59. The van der Waals surface area contributed by atoms with Crippen LogP contribution in [-0.2, 0) is 6.42 Å². The first-order chi connectivity index (χ1) is 5.72. The minimum Gasteiger partial charge on any atom is -0.393 e. The number of rotatable bonds is 4. The zero-order valence-electron chi connectivity index (χ0n) is 7.09. The Morgan fingerprint density at radius 3 is 2.92 bits per heavy atom. The molecule has 0 spiro atoms. The molecule has 0 radical (unpaired) electrons. The molecule has 1 nitrogen and oxygen atoms in total. The lowest BCUT2D eigenvalue weighted by Gasteiger charge is -2.04. The van der Waals surface area contributed by atoms with E-state index in [0.717, 1.165) is 23.7 Å². The molecular weight excluding hydrogens is 236 g/mol. The van der Waals surface area contributed by atoms with Gasteiger partial charge in [-0.1, -0.05) is 6.92 Å². The molecule has 0 bridgehead atoms. The molecule has 1 heterocycles. The van der Waals surface area contributed by atoms with Crippen LogP contribution in [0, 0.1) is 0 Å². The molecule has 1 aromatic heterocycles. The second-order valence-corrected chi connectivity index (χ2v) is 4.74. The highest BCUT2D eigenvalue weighted by atomic mass is 79.9. The van der Waals surface area contributed by atoms with Crippen LogP contribution in [0.3, 0.4) is 0 Å². The van der Waals surface area contributed by atoms with Gasteiger partial charge in [0.2, 0.25) is 0 Å². The average Bonchev–Trinajstić information content (AvgIpc) is 2.47. The van der Waals surface area contributed by atoms with E-state index in [1.54, 1.807) is 11.3 Å². The quantitative estimate of drug-likeness (QED) is 0.868. The van der Waals surface area contributed by atoms with Crippen molar-refractivity contribution in [2.75, 3.05) is 0 Å². The Bertz CT molecular complexity index is 234. The van der Waals surface area contributed by atoms with Crippen molar-refractivity contribution in [1.82, 2.24) is 0 Å². The van der Waals surface area contributed by atoms with Crippen molar-refractivity contribution in [3.05, 3.63) is 20.8 Å². The Morgan fingerprint density at radius 1 is 1.67 bits per heavy atom. The van der Waals surface area contributed by atoms with Gasteiger partial charge in [0.15, 0.2) is 0 Å². The molecule has 0 aromatic carbocycles. The Morgan fingerprint density at radius 2 is 2.42 bits per heavy atom. The van der Waals surface area contributed by atoms with Gasteiger partial charge < -0.3 is 5.11 Å². The van der Waals surface area contributed by atoms with E-state index in [9.17, 15) is 5.11 Å². The second kappa shape index (κ2) is 5.00. The highest BCUT2D eigenvalue weighted by Crippen LogP contribution is 2.21. The first-order valence-corrected chi connectivity index (χ1v) is 5.80. The van der Waals surface area contributed by atoms with E-state index in [2.05, 4.69) is 27.4 Å². The molecule has 1 aromatic rings. The highest BCUT2D eigenvalue weighted by molar-refractivity contribution is 9.10. The molecule has 1 unspecified atom stereocenters. The summed E-state index contributed by atoms with van der Waals surface area (Å²) in [5.74, 6) is 0. The van der Waals surface area contributed by atoms with Crippen molar-refractivity contribution in [3.63, 3.8) is 0 Å². The van der Waals surface area contributed by atoms with E-state index in [0.29, 0.717) is 0 Å². The maximum atomic E-state index is 9.32. The number of aryl methyl sites for hydroxylation is 1. The Hall–Kier alpha value is 0.140. The van der Waals surface area contributed by atoms with Crippen molar-refractivity contribution >= 4 is 27.3 Å². The van der Waals surface area contributed by atoms with E-state index >= 15 is 0 Å². The minimum absolute atomic E-state index is 0.133. The van der Waals surface area contributed by atoms with Gasteiger partial charge in [-0.3, -0.25) is 0 Å². The average molecular weight is 249 g/mol. The van der Waals surface area contributed by atoms with Gasteiger partial charge in [0, 0.05) is 14.7 Å². The van der Waals surface area contributed by atoms with Crippen LogP contribution in [0.25, 0.3) is 0 Å². The minimum atomic E-state index is -0.133. The van der Waals surface area contributed by atoms with Crippen molar-refractivity contribution in [2.45, 2.75) is 32.3 Å². The third-order valence-corrected chi connectivity index (χ3v) is 3.57. The first kappa shape index (κ1) is 10.2. The molecule has 0 aliphatic carbocycles. The lowest BCUT2D eigenvalue weighted by Crippen LogP contribution is -2.04. The summed E-state index contributed by atoms with van der Waals surface area (Å²) in [6, 6.07) is 2.12. The molecule has 3 heteroatoms. The van der Waals surface area contributed by atoms with E-state index in [4.69, 9.17) is 0 Å². The van der Waals surface area contributed by atoms with Crippen LogP contribution in [0.15, 0.2) is 15.9 Å². The molecule has 0 saturated heterocycles. The molecular formula is C9H13BrOS. The van der Waals surface area contributed by atoms with E-state index < -0.39 is 0 Å². The summed E-state index contributed by atoms with van der Waals surface area (Å²) in [5.41, 5.74) is 0. The fraction of sp³-hybridized carbons (Fsp3) is 0.556. The van der Waals surface area contributed by atoms with Crippen molar-refractivity contribution < 1.29 is 5.11 Å². The Labute approximate surface area is 85.6 Å². The maximum absolute atomic E-state index is 9.32. The van der Waals surface area contributed by atoms with Gasteiger partial charge in [-0.25, -0.2) is 0 Å². The fourth-order valence-electron chi connectivity index (χ4n) is 0.998. The van der Waals surface area contributed by atoms with E-state index in [1.807, 2.05) is 6.92 Å². The molecule has 1 atom stereocenters. The molecule has 1 rings (SSSR count). The summed E-state index contributed by atoms with van der Waals surface area (Å²) < 4.78 is 1.15. The predicted octanol–water partition coefficient (Wildman–Crippen LogP) is 3.21. The first-order valence-electron chi connectivity index (χ1n) is 4.13. The lowest BCUT2D eigenvalue weighted by atomic mass is 10.1. The van der Waals surface area contributed by atoms with Gasteiger partial charge in [0.1, 0.15) is 0 Å². The van der Waals surface area contributed by atoms with Gasteiger partial charge in [-0.05, 0) is 41.3 Å². The molecule has 12 heavy (non-hydrogen) atoms. The predicted molar refractivity (Wildman–Crippen MR) is 56.6 cm³/mol. The summed E-state index contributed by atoms with van der Waals surface area (Å²) in [7, 11) is 0. The summed E-state index contributed by atoms with van der Waals surface area (Å²) in [5, 5.41) is 11.4. The Kier molecular flexibility index (Phi) is 4.26. The van der Waals surface area contributed by atoms with Gasteiger partial charge in [-0.15, -0.1) is 11.3 Å². The monoisotopic (exact) mass is 248 g/mol. The highest BCUT2D eigenvalue weighted by Gasteiger charge is 2.02. The molecule has 0 saturated carbocycles. The van der Waals surface area contributed by atoms with Gasteiger partial charge in [0.25, 0.3) is 0 Å². The molecule has 0 amide bonds. The number of aliphatic hydroxyl groups excluding tert-OH is 1. The molecule has 1 N–H and O–H groups in total. The van der Waals surface area contributed by atoms with Crippen LogP contribution in [0.4, 0.5) is 0 Å². The van der Waals surface area contributed by atoms with Crippen molar-refractivity contribution in [1.29, 1.82) is 0 Å². The zero-order chi connectivity index (χ0) is 8.97. The topological polar surface area (TPSA) is 20.2 Å². The van der Waals surface area contributed by atoms with Crippen LogP contribution in [0.1, 0.15) is 24.6 Å². The third-order valence-electron chi connectivity index (χ3n) is 1.82. The smallest absolute Gasteiger partial charge is 0.0541 e. The summed E-state index contributed by atoms with van der Waals surface area (Å²) in [4.78, 5) is 1.34. The Balaban J connectivity index is 2.33. The van der Waals surface area contributed by atoms with Crippen LogP contribution >= 0.6 is 27.3 Å². The van der Waals surface area contributed by atoms with Crippen LogP contribution in [0.5, 0.6) is 0 Å². The number of hydrogen-bond donors (Lipinski definition) is 1. The van der Waals surface area contributed by atoms with E-state index in [1.165, 1.54) is 4.88 Å². The SMILES string of the molecule is CCC(O)CCc1cc(Br)cs1. The molecule has 0 aliphatic rings. The summed E-state index contributed by atoms with van der Waals surface area (Å²) in [6.45, 7) is 2.01. The second-order valence-electron chi connectivity index (χ2n) is 2.83. The third kappa shape index (κ3) is 3.25. The van der Waals surface area contributed by atoms with Crippen LogP contribution in [0.2, 0.25) is 0 Å². The number of aliphatic hydroxyl groups is 1. The van der Waals surface area contributed by atoms with Crippen LogP contribution in [-0.4, -0.2) is 11.2 Å². The number of halogens is 1. The molecule has 0 aliphatic heterocycles. The van der Waals surface area contributed by atoms with Gasteiger partial charge in [-0.2, -0.15) is 0 Å². The normalized spacial score (nSPS) is 13.2. The molecule has 68 valence electrons. The largest absolute Gasteiger partial charge is 0.393 e. The zero-order valence-corrected chi connectivity index (χ0v) is 9.49. The maximum Gasteiger partial charge on any atom is 0.0541 e. The van der Waals surface area contributed by atoms with E-state index in [-0.39, 0.29) is 6.10 Å². The van der Waals surface area contributed by atoms with Gasteiger partial charge in [0.05, 0.1) is 6.10 Å². The van der Waals surface area contributed by atoms with Crippen molar-refractivity contribution in [3.8, 4) is 0 Å². The fourth-order valence-corrected chi connectivity index (χ4v) is 2.47. The number of hydrogen-bond acceptors (Lipinski definition) is 2. The lowest BCUT2D eigenvalue weighted by molar-refractivity contribution is 0.161. The summed E-state index contributed by atoms with van der Waals surface area (Å²) >= 11 is 5.15. The number of thiophene rings is 1. The van der Waals surface area contributed by atoms with Crippen LogP contribution < -0.4 is 0 Å².